The standard InChI is InChI=1S/C19H19N5O2S3/c1-4-26-13-8-6-5-7-12(13)20-18-23-24-19(29-18)27-9-14-21-16(25)15-10(2)11(3)28-17(15)22-14/h5-8H,4,9H2,1-3H3,(H,20,23)(H,21,22,25). The van der Waals surface area contributed by atoms with Gasteiger partial charge in [0.2, 0.25) is 5.13 Å². The minimum absolute atomic E-state index is 0.0837. The Kier molecular flexibility index (Phi) is 5.84. The van der Waals surface area contributed by atoms with E-state index in [2.05, 4.69) is 25.5 Å². The summed E-state index contributed by atoms with van der Waals surface area (Å²) in [6.07, 6.45) is 0. The van der Waals surface area contributed by atoms with Crippen molar-refractivity contribution in [1.82, 2.24) is 20.2 Å². The molecular weight excluding hydrogens is 426 g/mol. The van der Waals surface area contributed by atoms with Gasteiger partial charge >= 0.3 is 0 Å². The maximum atomic E-state index is 12.4. The Bertz CT molecular complexity index is 1210. The molecular formula is C19H19N5O2S3. The average Bonchev–Trinajstić information content (AvgIpc) is 3.26. The van der Waals surface area contributed by atoms with Crippen LogP contribution in [-0.2, 0) is 5.75 Å². The molecule has 0 aliphatic rings. The van der Waals surface area contributed by atoms with Crippen molar-refractivity contribution in [3.8, 4) is 5.75 Å². The van der Waals surface area contributed by atoms with Gasteiger partial charge in [0.05, 0.1) is 23.4 Å². The van der Waals surface area contributed by atoms with Gasteiger partial charge in [0.15, 0.2) is 4.34 Å². The SMILES string of the molecule is CCOc1ccccc1Nc1nnc(SCc2nc3sc(C)c(C)c3c(=O)[nH]2)s1. The highest BCUT2D eigenvalue weighted by atomic mass is 32.2. The molecule has 0 saturated carbocycles. The molecule has 0 bridgehead atoms. The molecule has 0 fully saturated rings. The molecule has 0 unspecified atom stereocenters. The molecule has 7 nitrogen and oxygen atoms in total. The highest BCUT2D eigenvalue weighted by Crippen LogP contribution is 2.33. The van der Waals surface area contributed by atoms with Crippen molar-refractivity contribution in [1.29, 1.82) is 0 Å². The van der Waals surface area contributed by atoms with E-state index in [1.807, 2.05) is 45.0 Å². The van der Waals surface area contributed by atoms with Gasteiger partial charge in [0.25, 0.3) is 5.56 Å². The number of thiophene rings is 1. The monoisotopic (exact) mass is 445 g/mol. The summed E-state index contributed by atoms with van der Waals surface area (Å²) in [5, 5.41) is 13.0. The number of hydrogen-bond donors (Lipinski definition) is 2. The number of thioether (sulfide) groups is 1. The topological polar surface area (TPSA) is 92.8 Å². The number of aryl methyl sites for hydroxylation is 2. The van der Waals surface area contributed by atoms with Crippen LogP contribution in [0.3, 0.4) is 0 Å². The number of ether oxygens (including phenoxy) is 1. The number of nitrogens with zero attached hydrogens (tertiary/aromatic N) is 3. The van der Waals surface area contributed by atoms with Crippen molar-refractivity contribution in [3.05, 3.63) is 50.9 Å². The molecule has 10 heteroatoms. The second-order valence-electron chi connectivity index (χ2n) is 6.19. The lowest BCUT2D eigenvalue weighted by Gasteiger charge is -2.09. The van der Waals surface area contributed by atoms with Crippen LogP contribution in [-0.4, -0.2) is 26.8 Å². The predicted octanol–water partition coefficient (Wildman–Crippen LogP) is 4.89. The van der Waals surface area contributed by atoms with Crippen LogP contribution in [0.15, 0.2) is 33.4 Å². The van der Waals surface area contributed by atoms with Gasteiger partial charge in [-0.2, -0.15) is 0 Å². The largest absolute Gasteiger partial charge is 0.492 e. The zero-order valence-corrected chi connectivity index (χ0v) is 18.6. The van der Waals surface area contributed by atoms with Gasteiger partial charge < -0.3 is 15.0 Å². The lowest BCUT2D eigenvalue weighted by molar-refractivity contribution is 0.342. The lowest BCUT2D eigenvalue weighted by atomic mass is 10.2. The summed E-state index contributed by atoms with van der Waals surface area (Å²) in [7, 11) is 0. The molecule has 29 heavy (non-hydrogen) atoms. The quantitative estimate of drug-likeness (QED) is 0.391. The fraction of sp³-hybridized carbons (Fsp3) is 0.263. The first-order valence-corrected chi connectivity index (χ1v) is 11.6. The van der Waals surface area contributed by atoms with Gasteiger partial charge in [-0.3, -0.25) is 4.79 Å². The van der Waals surface area contributed by atoms with Crippen molar-refractivity contribution >= 4 is 55.5 Å². The third-order valence-electron chi connectivity index (χ3n) is 4.26. The Morgan fingerprint density at radius 3 is 2.86 bits per heavy atom. The van der Waals surface area contributed by atoms with Gasteiger partial charge in [-0.05, 0) is 38.5 Å². The van der Waals surface area contributed by atoms with E-state index >= 15 is 0 Å². The molecule has 0 aliphatic heterocycles. The third-order valence-corrected chi connectivity index (χ3v) is 7.34. The summed E-state index contributed by atoms with van der Waals surface area (Å²) in [5.41, 5.74) is 1.77. The van der Waals surface area contributed by atoms with Crippen LogP contribution in [0.25, 0.3) is 10.2 Å². The Morgan fingerprint density at radius 2 is 2.03 bits per heavy atom. The smallest absolute Gasteiger partial charge is 0.259 e. The second-order valence-corrected chi connectivity index (χ2v) is 9.60. The summed E-state index contributed by atoms with van der Waals surface area (Å²) in [4.78, 5) is 21.8. The molecule has 0 atom stereocenters. The molecule has 150 valence electrons. The van der Waals surface area contributed by atoms with Crippen LogP contribution in [0.5, 0.6) is 5.75 Å². The van der Waals surface area contributed by atoms with Gasteiger partial charge in [-0.1, -0.05) is 35.2 Å². The first-order chi connectivity index (χ1) is 14.0. The van der Waals surface area contributed by atoms with E-state index < -0.39 is 0 Å². The van der Waals surface area contributed by atoms with Crippen LogP contribution < -0.4 is 15.6 Å². The average molecular weight is 446 g/mol. The van der Waals surface area contributed by atoms with Crippen molar-refractivity contribution < 1.29 is 4.74 Å². The van der Waals surface area contributed by atoms with E-state index in [9.17, 15) is 4.79 Å². The van der Waals surface area contributed by atoms with Gasteiger partial charge in [0, 0.05) is 4.88 Å². The van der Waals surface area contributed by atoms with Gasteiger partial charge in [-0.15, -0.1) is 21.5 Å². The number of nitrogens with one attached hydrogen (secondary N) is 2. The molecule has 2 N–H and O–H groups in total. The predicted molar refractivity (Wildman–Crippen MR) is 120 cm³/mol. The molecule has 0 saturated heterocycles. The molecule has 0 aliphatic carbocycles. The second kappa shape index (κ2) is 8.52. The number of benzene rings is 1. The van der Waals surface area contributed by atoms with E-state index in [4.69, 9.17) is 4.74 Å². The van der Waals surface area contributed by atoms with E-state index in [-0.39, 0.29) is 5.56 Å². The first kappa shape index (κ1) is 19.9. The number of hydrogen-bond acceptors (Lipinski definition) is 9. The molecule has 4 aromatic rings. The summed E-state index contributed by atoms with van der Waals surface area (Å²) in [6.45, 7) is 6.51. The number of anilines is 2. The first-order valence-electron chi connectivity index (χ1n) is 8.99. The van der Waals surface area contributed by atoms with Crippen LogP contribution in [0.2, 0.25) is 0 Å². The van der Waals surface area contributed by atoms with Crippen molar-refractivity contribution in [2.24, 2.45) is 0 Å². The number of aromatic nitrogens is 4. The van der Waals surface area contributed by atoms with Crippen molar-refractivity contribution in [2.45, 2.75) is 30.9 Å². The number of rotatable bonds is 7. The number of aromatic amines is 1. The van der Waals surface area contributed by atoms with Crippen LogP contribution in [0.4, 0.5) is 10.8 Å². The van der Waals surface area contributed by atoms with E-state index in [0.717, 1.165) is 31.0 Å². The summed E-state index contributed by atoms with van der Waals surface area (Å²) in [5.74, 6) is 1.93. The molecule has 1 aromatic carbocycles. The number of para-hydroxylation sites is 2. The zero-order chi connectivity index (χ0) is 20.4. The Labute approximate surface area is 179 Å². The molecule has 0 radical (unpaired) electrons. The zero-order valence-electron chi connectivity index (χ0n) is 16.1. The third kappa shape index (κ3) is 4.29. The maximum Gasteiger partial charge on any atom is 0.259 e. The minimum atomic E-state index is -0.0837. The molecule has 0 spiro atoms. The van der Waals surface area contributed by atoms with Crippen LogP contribution in [0, 0.1) is 13.8 Å². The van der Waals surface area contributed by atoms with Crippen molar-refractivity contribution in [2.75, 3.05) is 11.9 Å². The number of H-pyrrole nitrogens is 1. The molecule has 0 amide bonds. The van der Waals surface area contributed by atoms with Crippen LogP contribution in [0.1, 0.15) is 23.2 Å². The Balaban J connectivity index is 1.46. The Morgan fingerprint density at radius 1 is 1.21 bits per heavy atom. The summed E-state index contributed by atoms with van der Waals surface area (Å²) in [6, 6.07) is 7.72. The van der Waals surface area contributed by atoms with E-state index in [1.54, 1.807) is 11.3 Å². The molecule has 3 aromatic heterocycles. The highest BCUT2D eigenvalue weighted by molar-refractivity contribution is 8.00. The summed E-state index contributed by atoms with van der Waals surface area (Å²) >= 11 is 4.49. The molecule has 3 heterocycles. The maximum absolute atomic E-state index is 12.4. The van der Waals surface area contributed by atoms with Gasteiger partial charge in [-0.25, -0.2) is 4.98 Å². The Hall–Kier alpha value is -2.43. The van der Waals surface area contributed by atoms with Crippen molar-refractivity contribution in [3.63, 3.8) is 0 Å². The summed E-state index contributed by atoms with van der Waals surface area (Å²) < 4.78 is 6.42. The molecule has 4 rings (SSSR count). The fourth-order valence-corrected chi connectivity index (χ4v) is 5.47. The normalized spacial score (nSPS) is 11.1. The van der Waals surface area contributed by atoms with E-state index in [0.29, 0.717) is 28.7 Å². The van der Waals surface area contributed by atoms with E-state index in [1.165, 1.54) is 23.1 Å². The number of fused-ring (bicyclic) bond motifs is 1. The fourth-order valence-electron chi connectivity index (χ4n) is 2.78. The lowest BCUT2D eigenvalue weighted by Crippen LogP contribution is -2.10. The highest BCUT2D eigenvalue weighted by Gasteiger charge is 2.13. The van der Waals surface area contributed by atoms with Crippen LogP contribution >= 0.6 is 34.4 Å². The minimum Gasteiger partial charge on any atom is -0.492 e. The van der Waals surface area contributed by atoms with Gasteiger partial charge in [0.1, 0.15) is 16.4 Å².